The van der Waals surface area contributed by atoms with E-state index < -0.39 is 0 Å². The minimum atomic E-state index is 0.0597. The van der Waals surface area contributed by atoms with Gasteiger partial charge in [0.05, 0.1) is 24.3 Å². The number of aromatic nitrogens is 4. The van der Waals surface area contributed by atoms with Crippen LogP contribution in [0.15, 0.2) is 18.6 Å². The molecule has 6 nitrogen and oxygen atoms in total. The maximum atomic E-state index is 4.77. The Morgan fingerprint density at radius 3 is 3.09 bits per heavy atom. The van der Waals surface area contributed by atoms with Crippen LogP contribution in [-0.2, 0) is 13.0 Å². The van der Waals surface area contributed by atoms with Crippen molar-refractivity contribution in [3.63, 3.8) is 0 Å². The van der Waals surface area contributed by atoms with Gasteiger partial charge in [-0.3, -0.25) is 4.98 Å². The molecule has 2 aliphatic rings. The molecule has 4 rings (SSSR count). The molecule has 1 saturated heterocycles. The average Bonchev–Trinajstić information content (AvgIpc) is 3.14. The normalized spacial score (nSPS) is 24.2. The molecule has 1 unspecified atom stereocenters. The van der Waals surface area contributed by atoms with E-state index in [1.807, 2.05) is 12.4 Å². The summed E-state index contributed by atoms with van der Waals surface area (Å²) in [5.74, 6) is 2.02. The van der Waals surface area contributed by atoms with E-state index in [0.29, 0.717) is 0 Å². The highest BCUT2D eigenvalue weighted by Crippen LogP contribution is 2.25. The van der Waals surface area contributed by atoms with Gasteiger partial charge in [0, 0.05) is 25.0 Å². The first-order valence-electron chi connectivity index (χ1n) is 8.09. The molecule has 1 atom stereocenters. The van der Waals surface area contributed by atoms with Crippen LogP contribution in [0.3, 0.4) is 0 Å². The van der Waals surface area contributed by atoms with Gasteiger partial charge in [0.15, 0.2) is 0 Å². The van der Waals surface area contributed by atoms with Crippen LogP contribution in [0.2, 0.25) is 0 Å². The van der Waals surface area contributed by atoms with Gasteiger partial charge >= 0.3 is 0 Å². The number of hydrogen-bond donors (Lipinski definition) is 2. The summed E-state index contributed by atoms with van der Waals surface area (Å²) in [6.07, 6.45) is 10.2. The van der Waals surface area contributed by atoms with E-state index in [-0.39, 0.29) is 5.54 Å². The summed E-state index contributed by atoms with van der Waals surface area (Å²) in [5, 5.41) is 6.93. The van der Waals surface area contributed by atoms with E-state index in [9.17, 15) is 0 Å². The lowest BCUT2D eigenvalue weighted by molar-refractivity contribution is 0.525. The van der Waals surface area contributed by atoms with Crippen LogP contribution in [0.5, 0.6) is 0 Å². The predicted molar refractivity (Wildman–Crippen MR) is 85.7 cm³/mol. The summed E-state index contributed by atoms with van der Waals surface area (Å²) in [7, 11) is 0. The Morgan fingerprint density at radius 1 is 1.27 bits per heavy atom. The second kappa shape index (κ2) is 5.35. The maximum absolute atomic E-state index is 4.77. The summed E-state index contributed by atoms with van der Waals surface area (Å²) >= 11 is 0. The van der Waals surface area contributed by atoms with Crippen LogP contribution in [0.4, 0.5) is 5.82 Å². The Balaban J connectivity index is 1.63. The zero-order valence-corrected chi connectivity index (χ0v) is 13.0. The van der Waals surface area contributed by atoms with Gasteiger partial charge in [-0.2, -0.15) is 0 Å². The van der Waals surface area contributed by atoms with Gasteiger partial charge < -0.3 is 15.2 Å². The van der Waals surface area contributed by atoms with Crippen molar-refractivity contribution in [3.05, 3.63) is 24.4 Å². The Morgan fingerprint density at radius 2 is 2.23 bits per heavy atom. The third-order valence-electron chi connectivity index (χ3n) is 4.67. The molecule has 2 N–H and O–H groups in total. The molecule has 0 aromatic carbocycles. The van der Waals surface area contributed by atoms with E-state index in [0.717, 1.165) is 49.7 Å². The first-order chi connectivity index (χ1) is 10.7. The number of nitrogens with one attached hydrogen (secondary N) is 2. The fourth-order valence-corrected chi connectivity index (χ4v) is 3.40. The lowest BCUT2D eigenvalue weighted by Gasteiger charge is -2.25. The summed E-state index contributed by atoms with van der Waals surface area (Å²) in [6.45, 7) is 5.27. The standard InChI is InChI=1S/C16H22N6/c1-16(5-6-17-11-16)21-14-10-18-8-12(20-14)13-9-19-15-4-2-3-7-22(13)15/h8-10,17H,2-7,11H2,1H3,(H,20,21). The largest absolute Gasteiger partial charge is 0.362 e. The zero-order chi connectivity index (χ0) is 15.0. The van der Waals surface area contributed by atoms with Crippen molar-refractivity contribution in [2.45, 2.75) is 44.7 Å². The number of fused-ring (bicyclic) bond motifs is 1. The van der Waals surface area contributed by atoms with Crippen molar-refractivity contribution in [1.82, 2.24) is 24.8 Å². The van der Waals surface area contributed by atoms with Gasteiger partial charge in [-0.25, -0.2) is 9.97 Å². The van der Waals surface area contributed by atoms with Crippen LogP contribution in [0.25, 0.3) is 11.4 Å². The van der Waals surface area contributed by atoms with Gasteiger partial charge in [0.2, 0.25) is 0 Å². The van der Waals surface area contributed by atoms with E-state index in [1.54, 1.807) is 6.20 Å². The molecule has 0 aliphatic carbocycles. The van der Waals surface area contributed by atoms with Crippen LogP contribution in [0, 0.1) is 0 Å². The number of imidazole rings is 1. The fourth-order valence-electron chi connectivity index (χ4n) is 3.40. The number of hydrogen-bond acceptors (Lipinski definition) is 5. The number of aryl methyl sites for hydroxylation is 1. The van der Waals surface area contributed by atoms with Crippen molar-refractivity contribution in [1.29, 1.82) is 0 Å². The van der Waals surface area contributed by atoms with Gasteiger partial charge in [-0.05, 0) is 32.7 Å². The van der Waals surface area contributed by atoms with Gasteiger partial charge in [0.25, 0.3) is 0 Å². The summed E-state index contributed by atoms with van der Waals surface area (Å²) in [5.41, 5.74) is 2.05. The molecule has 116 valence electrons. The Kier molecular flexibility index (Phi) is 3.33. The SMILES string of the molecule is CC1(Nc2cncc(-c3cnc4n3CCCC4)n2)CCNC1. The monoisotopic (exact) mass is 298 g/mol. The van der Waals surface area contributed by atoms with Crippen molar-refractivity contribution >= 4 is 5.82 Å². The lowest BCUT2D eigenvalue weighted by atomic mass is 10.0. The van der Waals surface area contributed by atoms with Crippen molar-refractivity contribution in [3.8, 4) is 11.4 Å². The van der Waals surface area contributed by atoms with Crippen LogP contribution < -0.4 is 10.6 Å². The van der Waals surface area contributed by atoms with E-state index >= 15 is 0 Å². The highest BCUT2D eigenvalue weighted by molar-refractivity contribution is 5.56. The lowest BCUT2D eigenvalue weighted by Crippen LogP contribution is -2.37. The minimum Gasteiger partial charge on any atom is -0.362 e. The molecule has 0 bridgehead atoms. The van der Waals surface area contributed by atoms with Crippen molar-refractivity contribution in [2.24, 2.45) is 0 Å². The molecule has 0 saturated carbocycles. The van der Waals surface area contributed by atoms with Crippen molar-refractivity contribution < 1.29 is 0 Å². The third kappa shape index (κ3) is 2.47. The highest BCUT2D eigenvalue weighted by atomic mass is 15.1. The number of anilines is 1. The second-order valence-electron chi connectivity index (χ2n) is 6.57. The third-order valence-corrected chi connectivity index (χ3v) is 4.67. The van der Waals surface area contributed by atoms with Crippen LogP contribution in [-0.4, -0.2) is 38.1 Å². The average molecular weight is 298 g/mol. The van der Waals surface area contributed by atoms with Crippen molar-refractivity contribution in [2.75, 3.05) is 18.4 Å². The van der Waals surface area contributed by atoms with Crippen LogP contribution >= 0.6 is 0 Å². The fraction of sp³-hybridized carbons (Fsp3) is 0.562. The number of rotatable bonds is 3. The van der Waals surface area contributed by atoms with E-state index in [4.69, 9.17) is 4.98 Å². The molecule has 0 spiro atoms. The molecule has 0 amide bonds. The predicted octanol–water partition coefficient (Wildman–Crippen LogP) is 1.84. The molecular weight excluding hydrogens is 276 g/mol. The molecule has 0 radical (unpaired) electrons. The molecule has 2 aromatic rings. The maximum Gasteiger partial charge on any atom is 0.145 e. The topological polar surface area (TPSA) is 67.7 Å². The Hall–Kier alpha value is -1.95. The molecule has 1 fully saturated rings. The molecule has 4 heterocycles. The molecule has 22 heavy (non-hydrogen) atoms. The molecule has 2 aliphatic heterocycles. The highest BCUT2D eigenvalue weighted by Gasteiger charge is 2.28. The minimum absolute atomic E-state index is 0.0597. The summed E-state index contributed by atoms with van der Waals surface area (Å²) in [6, 6.07) is 0. The summed E-state index contributed by atoms with van der Waals surface area (Å²) < 4.78 is 2.29. The zero-order valence-electron chi connectivity index (χ0n) is 13.0. The summed E-state index contributed by atoms with van der Waals surface area (Å²) in [4.78, 5) is 13.7. The smallest absolute Gasteiger partial charge is 0.145 e. The molecule has 2 aromatic heterocycles. The second-order valence-corrected chi connectivity index (χ2v) is 6.57. The van der Waals surface area contributed by atoms with Gasteiger partial charge in [-0.1, -0.05) is 0 Å². The van der Waals surface area contributed by atoms with E-state index in [1.165, 1.54) is 18.7 Å². The van der Waals surface area contributed by atoms with E-state index in [2.05, 4.69) is 32.1 Å². The van der Waals surface area contributed by atoms with Crippen LogP contribution in [0.1, 0.15) is 32.0 Å². The molecule has 6 heteroatoms. The molecular formula is C16H22N6. The van der Waals surface area contributed by atoms with Gasteiger partial charge in [0.1, 0.15) is 17.3 Å². The first-order valence-corrected chi connectivity index (χ1v) is 8.09. The Labute approximate surface area is 130 Å². The Bertz CT molecular complexity index is 671. The number of nitrogens with zero attached hydrogens (tertiary/aromatic N) is 4. The first kappa shape index (κ1) is 13.7. The quantitative estimate of drug-likeness (QED) is 0.905. The van der Waals surface area contributed by atoms with Gasteiger partial charge in [-0.15, -0.1) is 0 Å².